The molecule has 1 N–H and O–H groups in total. The third-order valence-corrected chi connectivity index (χ3v) is 3.32. The number of carbonyl (C=O) groups excluding carboxylic acids is 1. The fourth-order valence-electron chi connectivity index (χ4n) is 2.13. The Hall–Kier alpha value is -1.76. The minimum absolute atomic E-state index is 0.110. The van der Waals surface area contributed by atoms with Gasteiger partial charge in [-0.3, -0.25) is 4.79 Å². The van der Waals surface area contributed by atoms with Crippen LogP contribution in [0.1, 0.15) is 10.5 Å². The van der Waals surface area contributed by atoms with Crippen molar-refractivity contribution in [3.05, 3.63) is 24.0 Å². The van der Waals surface area contributed by atoms with E-state index in [2.05, 4.69) is 10.3 Å². The van der Waals surface area contributed by atoms with Crippen molar-refractivity contribution in [3.63, 3.8) is 0 Å². The predicted octanol–water partition coefficient (Wildman–Crippen LogP) is 0.827. The zero-order valence-corrected chi connectivity index (χ0v) is 11.5. The van der Waals surface area contributed by atoms with Gasteiger partial charge in [0, 0.05) is 33.7 Å². The number of carbonyl (C=O) groups is 1. The number of halogens is 2. The van der Waals surface area contributed by atoms with Gasteiger partial charge in [-0.25, -0.2) is 13.8 Å². The van der Waals surface area contributed by atoms with Crippen molar-refractivity contribution < 1.29 is 13.6 Å². The molecule has 2 rings (SSSR count). The monoisotopic (exact) mass is 284 g/mol. The van der Waals surface area contributed by atoms with Gasteiger partial charge in [0.15, 0.2) is 0 Å². The van der Waals surface area contributed by atoms with Crippen molar-refractivity contribution in [2.45, 2.75) is 12.5 Å². The van der Waals surface area contributed by atoms with Crippen molar-refractivity contribution in [3.8, 4) is 0 Å². The van der Waals surface area contributed by atoms with E-state index in [1.54, 1.807) is 18.3 Å². The Morgan fingerprint density at radius 2 is 2.25 bits per heavy atom. The fraction of sp³-hybridized carbons (Fsp3) is 0.538. The topological polar surface area (TPSA) is 48.5 Å². The van der Waals surface area contributed by atoms with Crippen LogP contribution in [0, 0.1) is 0 Å². The van der Waals surface area contributed by atoms with E-state index in [1.807, 2.05) is 19.0 Å². The molecule has 0 radical (unpaired) electrons. The summed E-state index contributed by atoms with van der Waals surface area (Å²) in [4.78, 5) is 19.4. The lowest BCUT2D eigenvalue weighted by atomic mass is 10.1. The van der Waals surface area contributed by atoms with Crippen molar-refractivity contribution in [1.29, 1.82) is 0 Å². The fourth-order valence-corrected chi connectivity index (χ4v) is 2.13. The predicted molar refractivity (Wildman–Crippen MR) is 72.3 cm³/mol. The largest absolute Gasteiger partial charge is 0.376 e. The lowest BCUT2D eigenvalue weighted by Crippen LogP contribution is -2.56. The summed E-state index contributed by atoms with van der Waals surface area (Å²) in [6.45, 7) is 0.898. The highest BCUT2D eigenvalue weighted by atomic mass is 19.3. The molecule has 0 saturated carbocycles. The quantitative estimate of drug-likeness (QED) is 0.893. The van der Waals surface area contributed by atoms with Gasteiger partial charge in [0.2, 0.25) is 0 Å². The molecule has 1 aliphatic rings. The van der Waals surface area contributed by atoms with Gasteiger partial charge in [0.25, 0.3) is 12.3 Å². The molecule has 0 bridgehead atoms. The number of anilines is 1. The lowest BCUT2D eigenvalue weighted by Gasteiger charge is -2.35. The number of aromatic nitrogens is 1. The molecule has 1 aliphatic heterocycles. The first-order valence-corrected chi connectivity index (χ1v) is 6.44. The first-order chi connectivity index (χ1) is 9.50. The summed E-state index contributed by atoms with van der Waals surface area (Å²) in [5.74, 6) is -0.442. The molecule has 2 heterocycles. The van der Waals surface area contributed by atoms with Gasteiger partial charge in [-0.2, -0.15) is 0 Å². The van der Waals surface area contributed by atoms with E-state index in [0.717, 1.165) is 5.69 Å². The second-order valence-corrected chi connectivity index (χ2v) is 4.90. The van der Waals surface area contributed by atoms with Crippen LogP contribution in [0.3, 0.4) is 0 Å². The number of piperazine rings is 1. The normalized spacial score (nSPS) is 19.2. The molecule has 1 aromatic heterocycles. The third kappa shape index (κ3) is 3.04. The molecular formula is C13H18F2N4O. The van der Waals surface area contributed by atoms with Crippen LogP contribution >= 0.6 is 0 Å². The first-order valence-electron chi connectivity index (χ1n) is 6.44. The Kier molecular flexibility index (Phi) is 4.49. The van der Waals surface area contributed by atoms with E-state index in [4.69, 9.17) is 0 Å². The number of alkyl halides is 2. The standard InChI is InChI=1S/C13H18F2N4O/c1-18(2)9-3-4-10(17-7-9)13(20)19-6-5-16-8-11(19)12(14)15/h3-4,7,11-12,16H,5-6,8H2,1-2H3/t11-/m0/s1. The molecular weight excluding hydrogens is 266 g/mol. The van der Waals surface area contributed by atoms with Gasteiger partial charge in [-0.1, -0.05) is 0 Å². The highest BCUT2D eigenvalue weighted by Crippen LogP contribution is 2.16. The van der Waals surface area contributed by atoms with E-state index >= 15 is 0 Å². The van der Waals surface area contributed by atoms with Crippen LogP contribution in [-0.4, -0.2) is 62.0 Å². The SMILES string of the molecule is CN(C)c1ccc(C(=O)N2CCNC[C@H]2C(F)F)nc1. The van der Waals surface area contributed by atoms with Crippen molar-refractivity contribution in [1.82, 2.24) is 15.2 Å². The first kappa shape index (κ1) is 14.6. The van der Waals surface area contributed by atoms with Gasteiger partial charge in [0.05, 0.1) is 11.9 Å². The van der Waals surface area contributed by atoms with Crippen LogP contribution in [0.25, 0.3) is 0 Å². The summed E-state index contributed by atoms with van der Waals surface area (Å²) in [7, 11) is 3.73. The summed E-state index contributed by atoms with van der Waals surface area (Å²) in [5, 5.41) is 2.88. The molecule has 1 atom stereocenters. The van der Waals surface area contributed by atoms with Crippen LogP contribution in [0.4, 0.5) is 14.5 Å². The van der Waals surface area contributed by atoms with Crippen LogP contribution < -0.4 is 10.2 Å². The van der Waals surface area contributed by atoms with Gasteiger partial charge in [0.1, 0.15) is 11.7 Å². The zero-order chi connectivity index (χ0) is 14.7. The number of nitrogens with one attached hydrogen (secondary N) is 1. The Labute approximate surface area is 116 Å². The summed E-state index contributed by atoms with van der Waals surface area (Å²) in [5.41, 5.74) is 1.05. The molecule has 0 spiro atoms. The summed E-state index contributed by atoms with van der Waals surface area (Å²) < 4.78 is 25.9. The Balaban J connectivity index is 2.16. The van der Waals surface area contributed by atoms with Crippen LogP contribution in [-0.2, 0) is 0 Å². The Morgan fingerprint density at radius 3 is 2.80 bits per heavy atom. The minimum Gasteiger partial charge on any atom is -0.376 e. The maximum Gasteiger partial charge on any atom is 0.272 e. The van der Waals surface area contributed by atoms with Crippen molar-refractivity contribution >= 4 is 11.6 Å². The van der Waals surface area contributed by atoms with E-state index < -0.39 is 18.4 Å². The van der Waals surface area contributed by atoms with Gasteiger partial charge < -0.3 is 15.1 Å². The van der Waals surface area contributed by atoms with Crippen molar-refractivity contribution in [2.75, 3.05) is 38.6 Å². The zero-order valence-electron chi connectivity index (χ0n) is 11.5. The Bertz CT molecular complexity index is 464. The molecule has 5 nitrogen and oxygen atoms in total. The molecule has 0 unspecified atom stereocenters. The molecule has 1 amide bonds. The Morgan fingerprint density at radius 1 is 1.50 bits per heavy atom. The molecule has 110 valence electrons. The van der Waals surface area contributed by atoms with Crippen LogP contribution in [0.5, 0.6) is 0 Å². The van der Waals surface area contributed by atoms with Gasteiger partial charge in [-0.05, 0) is 12.1 Å². The minimum atomic E-state index is -2.56. The smallest absolute Gasteiger partial charge is 0.272 e. The van der Waals surface area contributed by atoms with Crippen molar-refractivity contribution in [2.24, 2.45) is 0 Å². The highest BCUT2D eigenvalue weighted by molar-refractivity contribution is 5.92. The van der Waals surface area contributed by atoms with Crippen LogP contribution in [0.2, 0.25) is 0 Å². The summed E-state index contributed by atoms with van der Waals surface area (Å²) >= 11 is 0. The molecule has 0 aliphatic carbocycles. The van der Waals surface area contributed by atoms with Gasteiger partial charge in [-0.15, -0.1) is 0 Å². The number of rotatable bonds is 3. The van der Waals surface area contributed by atoms with E-state index in [9.17, 15) is 13.6 Å². The summed E-state index contributed by atoms with van der Waals surface area (Å²) in [6, 6.07) is 2.23. The number of hydrogen-bond acceptors (Lipinski definition) is 4. The molecule has 20 heavy (non-hydrogen) atoms. The number of amides is 1. The molecule has 1 fully saturated rings. The van der Waals surface area contributed by atoms with Crippen LogP contribution in [0.15, 0.2) is 18.3 Å². The number of pyridine rings is 1. The molecule has 1 aromatic rings. The second-order valence-electron chi connectivity index (χ2n) is 4.90. The average molecular weight is 284 g/mol. The number of hydrogen-bond donors (Lipinski definition) is 1. The molecule has 1 saturated heterocycles. The molecule has 0 aromatic carbocycles. The second kappa shape index (κ2) is 6.13. The van der Waals surface area contributed by atoms with E-state index in [0.29, 0.717) is 6.54 Å². The van der Waals surface area contributed by atoms with E-state index in [1.165, 1.54) is 4.90 Å². The molecule has 7 heteroatoms. The third-order valence-electron chi connectivity index (χ3n) is 3.32. The van der Waals surface area contributed by atoms with Gasteiger partial charge >= 0.3 is 0 Å². The highest BCUT2D eigenvalue weighted by Gasteiger charge is 2.34. The lowest BCUT2D eigenvalue weighted by molar-refractivity contribution is 0.0123. The van der Waals surface area contributed by atoms with E-state index in [-0.39, 0.29) is 18.8 Å². The summed E-state index contributed by atoms with van der Waals surface area (Å²) in [6.07, 6.45) is -1.000. The number of nitrogens with zero attached hydrogens (tertiary/aromatic N) is 3. The maximum absolute atomic E-state index is 13.0. The maximum atomic E-state index is 13.0. The average Bonchev–Trinajstić information content (AvgIpc) is 2.46.